The predicted octanol–water partition coefficient (Wildman–Crippen LogP) is 0.0588. The van der Waals surface area contributed by atoms with Crippen molar-refractivity contribution in [1.29, 1.82) is 0 Å². The minimum Gasteiger partial charge on any atom is -0.469 e. The van der Waals surface area contributed by atoms with E-state index in [9.17, 15) is 27.2 Å². The highest BCUT2D eigenvalue weighted by molar-refractivity contribution is 7.89. The monoisotopic (exact) mass is 416 g/mol. The number of esters is 2. The van der Waals surface area contributed by atoms with Crippen LogP contribution in [0.5, 0.6) is 0 Å². The lowest BCUT2D eigenvalue weighted by Crippen LogP contribution is -2.42. The summed E-state index contributed by atoms with van der Waals surface area (Å²) >= 11 is 0. The number of benzene rings is 1. The van der Waals surface area contributed by atoms with Gasteiger partial charge in [-0.25, -0.2) is 12.8 Å². The summed E-state index contributed by atoms with van der Waals surface area (Å²) in [6.45, 7) is -0.516. The third-order valence-corrected chi connectivity index (χ3v) is 5.69. The highest BCUT2D eigenvalue weighted by Gasteiger charge is 2.28. The van der Waals surface area contributed by atoms with Crippen LogP contribution in [0.15, 0.2) is 29.2 Å². The van der Waals surface area contributed by atoms with Crippen LogP contribution in [0, 0.1) is 11.7 Å². The summed E-state index contributed by atoms with van der Waals surface area (Å²) in [6, 6.07) is 4.08. The zero-order valence-electron chi connectivity index (χ0n) is 15.2. The van der Waals surface area contributed by atoms with Gasteiger partial charge in [-0.05, 0) is 37.1 Å². The van der Waals surface area contributed by atoms with E-state index in [-0.39, 0.29) is 16.8 Å². The Kier molecular flexibility index (Phi) is 7.46. The van der Waals surface area contributed by atoms with Crippen molar-refractivity contribution in [1.82, 2.24) is 9.62 Å². The first-order valence-electron chi connectivity index (χ1n) is 8.49. The summed E-state index contributed by atoms with van der Waals surface area (Å²) in [5.74, 6) is -2.52. The van der Waals surface area contributed by atoms with Gasteiger partial charge in [0.05, 0.1) is 17.9 Å². The Morgan fingerprint density at radius 2 is 1.79 bits per heavy atom. The van der Waals surface area contributed by atoms with Gasteiger partial charge in [0, 0.05) is 13.1 Å². The minimum absolute atomic E-state index is 0.203. The van der Waals surface area contributed by atoms with Crippen LogP contribution in [-0.4, -0.2) is 64.5 Å². The molecule has 1 amide bonds. The molecule has 1 aromatic carbocycles. The van der Waals surface area contributed by atoms with Crippen LogP contribution in [0.2, 0.25) is 0 Å². The van der Waals surface area contributed by atoms with Crippen molar-refractivity contribution in [3.05, 3.63) is 30.1 Å². The number of carbonyl (C=O) groups excluding carboxylic acids is 3. The number of piperidine rings is 1. The summed E-state index contributed by atoms with van der Waals surface area (Å²) in [5.41, 5.74) is 0. The zero-order chi connectivity index (χ0) is 20.7. The third kappa shape index (κ3) is 5.99. The van der Waals surface area contributed by atoms with Crippen LogP contribution in [0.1, 0.15) is 12.8 Å². The summed E-state index contributed by atoms with van der Waals surface area (Å²) in [5, 5.41) is 0. The van der Waals surface area contributed by atoms with Gasteiger partial charge in [-0.2, -0.15) is 4.72 Å². The van der Waals surface area contributed by atoms with Crippen molar-refractivity contribution < 1.29 is 36.7 Å². The second-order valence-corrected chi connectivity index (χ2v) is 7.88. The summed E-state index contributed by atoms with van der Waals surface area (Å²) in [6.07, 6.45) is 0.924. The SMILES string of the molecule is COC(=O)C1CCN(C(=O)COC(=O)CNS(=O)(=O)c2ccc(F)cc2)CC1. The van der Waals surface area contributed by atoms with Crippen molar-refractivity contribution in [2.24, 2.45) is 5.92 Å². The fraction of sp³-hybridized carbons (Fsp3) is 0.471. The van der Waals surface area contributed by atoms with Gasteiger partial charge >= 0.3 is 11.9 Å². The maximum absolute atomic E-state index is 12.8. The number of nitrogens with one attached hydrogen (secondary N) is 1. The molecule has 1 aliphatic heterocycles. The van der Waals surface area contributed by atoms with Crippen molar-refractivity contribution in [3.8, 4) is 0 Å². The highest BCUT2D eigenvalue weighted by atomic mass is 32.2. The lowest BCUT2D eigenvalue weighted by Gasteiger charge is -2.30. The molecule has 1 aliphatic rings. The van der Waals surface area contributed by atoms with Crippen LogP contribution in [-0.2, 0) is 33.9 Å². The number of rotatable bonds is 7. The van der Waals surface area contributed by atoms with E-state index in [1.54, 1.807) is 0 Å². The Morgan fingerprint density at radius 1 is 1.18 bits per heavy atom. The molecule has 2 rings (SSSR count). The largest absolute Gasteiger partial charge is 0.469 e. The molecule has 28 heavy (non-hydrogen) atoms. The van der Waals surface area contributed by atoms with Gasteiger partial charge in [-0.15, -0.1) is 0 Å². The van der Waals surface area contributed by atoms with Gasteiger partial charge in [0.15, 0.2) is 6.61 Å². The molecule has 1 saturated heterocycles. The van der Waals surface area contributed by atoms with E-state index in [2.05, 4.69) is 4.74 Å². The minimum atomic E-state index is -4.00. The Morgan fingerprint density at radius 3 is 2.36 bits per heavy atom. The van der Waals surface area contributed by atoms with E-state index in [0.29, 0.717) is 25.9 Å². The molecular formula is C17H21FN2O7S. The molecule has 154 valence electrons. The number of hydrogen-bond donors (Lipinski definition) is 1. The first-order chi connectivity index (χ1) is 13.2. The predicted molar refractivity (Wildman–Crippen MR) is 93.9 cm³/mol. The van der Waals surface area contributed by atoms with Gasteiger partial charge in [0.2, 0.25) is 10.0 Å². The average Bonchev–Trinajstić information content (AvgIpc) is 2.70. The van der Waals surface area contributed by atoms with Gasteiger partial charge < -0.3 is 14.4 Å². The van der Waals surface area contributed by atoms with Gasteiger partial charge in [0.1, 0.15) is 12.4 Å². The van der Waals surface area contributed by atoms with Crippen LogP contribution >= 0.6 is 0 Å². The second kappa shape index (κ2) is 9.60. The molecule has 0 aliphatic carbocycles. The zero-order valence-corrected chi connectivity index (χ0v) is 16.0. The van der Waals surface area contributed by atoms with E-state index in [4.69, 9.17) is 4.74 Å². The van der Waals surface area contributed by atoms with Crippen LogP contribution in [0.3, 0.4) is 0 Å². The molecule has 0 aromatic heterocycles. The molecule has 1 heterocycles. The molecule has 1 aromatic rings. The van der Waals surface area contributed by atoms with Crippen LogP contribution < -0.4 is 4.72 Å². The smallest absolute Gasteiger partial charge is 0.321 e. The number of ether oxygens (including phenoxy) is 2. The summed E-state index contributed by atoms with van der Waals surface area (Å²) < 4.78 is 48.3. The molecule has 11 heteroatoms. The Hall–Kier alpha value is -2.53. The number of methoxy groups -OCH3 is 1. The number of halogens is 1. The number of carbonyl (C=O) groups is 3. The van der Waals surface area contributed by atoms with E-state index in [0.717, 1.165) is 24.3 Å². The Bertz CT molecular complexity index is 818. The average molecular weight is 416 g/mol. The Balaban J connectivity index is 1.74. The number of amides is 1. The maximum Gasteiger partial charge on any atom is 0.321 e. The maximum atomic E-state index is 12.8. The highest BCUT2D eigenvalue weighted by Crippen LogP contribution is 2.18. The number of sulfonamides is 1. The molecule has 0 bridgehead atoms. The molecule has 1 fully saturated rings. The molecule has 0 atom stereocenters. The van der Waals surface area contributed by atoms with E-state index in [1.165, 1.54) is 12.0 Å². The molecule has 0 radical (unpaired) electrons. The van der Waals surface area contributed by atoms with Gasteiger partial charge in [-0.1, -0.05) is 0 Å². The first-order valence-corrected chi connectivity index (χ1v) is 9.97. The molecule has 9 nitrogen and oxygen atoms in total. The van der Waals surface area contributed by atoms with Crippen molar-refractivity contribution in [2.45, 2.75) is 17.7 Å². The summed E-state index contributed by atoms with van der Waals surface area (Å²) in [7, 11) is -2.70. The molecule has 0 spiro atoms. The van der Waals surface area contributed by atoms with E-state index >= 15 is 0 Å². The topological polar surface area (TPSA) is 119 Å². The number of nitrogens with zero attached hydrogens (tertiary/aromatic N) is 1. The molecule has 1 N–H and O–H groups in total. The van der Waals surface area contributed by atoms with Crippen molar-refractivity contribution >= 4 is 27.9 Å². The fourth-order valence-electron chi connectivity index (χ4n) is 2.67. The van der Waals surface area contributed by atoms with E-state index < -0.39 is 40.9 Å². The molecule has 0 unspecified atom stereocenters. The molecular weight excluding hydrogens is 395 g/mol. The first kappa shape index (κ1) is 21.8. The lowest BCUT2D eigenvalue weighted by atomic mass is 9.97. The van der Waals surface area contributed by atoms with Crippen LogP contribution in [0.4, 0.5) is 4.39 Å². The lowest BCUT2D eigenvalue weighted by molar-refractivity contribution is -0.153. The van der Waals surface area contributed by atoms with Crippen molar-refractivity contribution in [3.63, 3.8) is 0 Å². The van der Waals surface area contributed by atoms with Gasteiger partial charge in [-0.3, -0.25) is 14.4 Å². The van der Waals surface area contributed by atoms with Gasteiger partial charge in [0.25, 0.3) is 5.91 Å². The fourth-order valence-corrected chi connectivity index (χ4v) is 3.64. The quantitative estimate of drug-likeness (QED) is 0.624. The van der Waals surface area contributed by atoms with Crippen LogP contribution in [0.25, 0.3) is 0 Å². The Labute approximate surface area is 161 Å². The number of hydrogen-bond acceptors (Lipinski definition) is 7. The normalized spacial score (nSPS) is 15.1. The third-order valence-electron chi connectivity index (χ3n) is 4.27. The second-order valence-electron chi connectivity index (χ2n) is 6.12. The standard InChI is InChI=1S/C17H21FN2O7S/c1-26-17(23)12-6-8-20(9-7-12)15(21)11-27-16(22)10-19-28(24,25)14-4-2-13(18)3-5-14/h2-5,12,19H,6-11H2,1H3. The molecule has 0 saturated carbocycles. The van der Waals surface area contributed by atoms with E-state index in [1.807, 2.05) is 4.72 Å². The number of likely N-dealkylation sites (tertiary alicyclic amines) is 1. The van der Waals surface area contributed by atoms with Crippen molar-refractivity contribution in [2.75, 3.05) is 33.4 Å². The summed E-state index contributed by atoms with van der Waals surface area (Å²) in [4.78, 5) is 36.5.